The van der Waals surface area contributed by atoms with E-state index in [4.69, 9.17) is 0 Å². The molecule has 0 aromatic heterocycles. The van der Waals surface area contributed by atoms with Crippen molar-refractivity contribution in [2.45, 2.75) is 12.8 Å². The Labute approximate surface area is 79.1 Å². The van der Waals surface area contributed by atoms with Gasteiger partial charge in [0.25, 0.3) is 0 Å². The van der Waals surface area contributed by atoms with Gasteiger partial charge in [-0.25, -0.2) is 0 Å². The summed E-state index contributed by atoms with van der Waals surface area (Å²) >= 11 is 0. The number of hydrogen-bond acceptors (Lipinski definition) is 1. The van der Waals surface area contributed by atoms with Crippen molar-refractivity contribution in [2.75, 3.05) is 0 Å². The van der Waals surface area contributed by atoms with Gasteiger partial charge in [0.15, 0.2) is 0 Å². The Morgan fingerprint density at radius 1 is 1.31 bits per heavy atom. The van der Waals surface area contributed by atoms with E-state index in [0.29, 0.717) is 0 Å². The molecule has 13 heavy (non-hydrogen) atoms. The second-order valence-corrected chi connectivity index (χ2v) is 3.17. The van der Waals surface area contributed by atoms with E-state index in [0.717, 1.165) is 11.8 Å². The SMILES string of the molecule is C=C[C@@H](c1ccccc1)[C@H](C)C=O. The summed E-state index contributed by atoms with van der Waals surface area (Å²) in [6.07, 6.45) is 2.80. The smallest absolute Gasteiger partial charge is 0.123 e. The Morgan fingerprint density at radius 2 is 1.92 bits per heavy atom. The third-order valence-electron chi connectivity index (χ3n) is 2.22. The summed E-state index contributed by atoms with van der Waals surface area (Å²) in [6, 6.07) is 9.96. The summed E-state index contributed by atoms with van der Waals surface area (Å²) in [4.78, 5) is 10.6. The summed E-state index contributed by atoms with van der Waals surface area (Å²) in [5, 5.41) is 0. The molecule has 0 bridgehead atoms. The molecule has 2 atom stereocenters. The molecule has 0 amide bonds. The van der Waals surface area contributed by atoms with Crippen molar-refractivity contribution in [3.63, 3.8) is 0 Å². The average molecular weight is 174 g/mol. The third kappa shape index (κ3) is 2.28. The van der Waals surface area contributed by atoms with Crippen LogP contribution in [0.3, 0.4) is 0 Å². The predicted molar refractivity (Wildman–Crippen MR) is 54.6 cm³/mol. The summed E-state index contributed by atoms with van der Waals surface area (Å²) in [6.45, 7) is 5.66. The Morgan fingerprint density at radius 3 is 2.38 bits per heavy atom. The van der Waals surface area contributed by atoms with Crippen LogP contribution in [0.25, 0.3) is 0 Å². The molecule has 68 valence electrons. The van der Waals surface area contributed by atoms with Crippen molar-refractivity contribution >= 4 is 6.29 Å². The molecule has 0 N–H and O–H groups in total. The molecule has 0 aliphatic rings. The lowest BCUT2D eigenvalue weighted by molar-refractivity contribution is -0.110. The Balaban J connectivity index is 2.90. The van der Waals surface area contributed by atoms with Gasteiger partial charge in [-0.1, -0.05) is 43.3 Å². The van der Waals surface area contributed by atoms with Crippen molar-refractivity contribution < 1.29 is 4.79 Å². The van der Waals surface area contributed by atoms with Crippen LogP contribution in [0.5, 0.6) is 0 Å². The van der Waals surface area contributed by atoms with Crippen molar-refractivity contribution in [1.82, 2.24) is 0 Å². The van der Waals surface area contributed by atoms with Gasteiger partial charge in [0, 0.05) is 11.8 Å². The maximum Gasteiger partial charge on any atom is 0.123 e. The summed E-state index contributed by atoms with van der Waals surface area (Å²) in [7, 11) is 0. The van der Waals surface area contributed by atoms with Crippen LogP contribution in [0.2, 0.25) is 0 Å². The molecule has 0 heterocycles. The molecule has 1 aromatic carbocycles. The van der Waals surface area contributed by atoms with E-state index in [1.807, 2.05) is 43.3 Å². The van der Waals surface area contributed by atoms with E-state index in [1.54, 1.807) is 0 Å². The van der Waals surface area contributed by atoms with Gasteiger partial charge in [-0.3, -0.25) is 0 Å². The highest BCUT2D eigenvalue weighted by atomic mass is 16.1. The van der Waals surface area contributed by atoms with E-state index in [9.17, 15) is 4.79 Å². The standard InChI is InChI=1S/C12H14O/c1-3-12(10(2)9-13)11-7-5-4-6-8-11/h3-10,12H,1H2,2H3/t10-,12-/m1/s1. The second-order valence-electron chi connectivity index (χ2n) is 3.17. The zero-order chi connectivity index (χ0) is 9.68. The first-order valence-corrected chi connectivity index (χ1v) is 4.42. The van der Waals surface area contributed by atoms with Gasteiger partial charge >= 0.3 is 0 Å². The van der Waals surface area contributed by atoms with E-state index in [2.05, 4.69) is 6.58 Å². The molecule has 1 rings (SSSR count). The summed E-state index contributed by atoms with van der Waals surface area (Å²) in [5.74, 6) is 0.138. The molecule has 0 radical (unpaired) electrons. The Hall–Kier alpha value is -1.37. The highest BCUT2D eigenvalue weighted by Gasteiger charge is 2.14. The minimum Gasteiger partial charge on any atom is -0.303 e. The van der Waals surface area contributed by atoms with Gasteiger partial charge < -0.3 is 4.79 Å². The molecule has 0 spiro atoms. The monoisotopic (exact) mass is 174 g/mol. The molecular weight excluding hydrogens is 160 g/mol. The minimum atomic E-state index is -0.0000926. The quantitative estimate of drug-likeness (QED) is 0.506. The fourth-order valence-electron chi connectivity index (χ4n) is 1.41. The average Bonchev–Trinajstić information content (AvgIpc) is 2.20. The molecule has 0 unspecified atom stereocenters. The lowest BCUT2D eigenvalue weighted by Gasteiger charge is -2.15. The number of aldehydes is 1. The van der Waals surface area contributed by atoms with Crippen molar-refractivity contribution in [3.05, 3.63) is 48.6 Å². The maximum atomic E-state index is 10.6. The van der Waals surface area contributed by atoms with Gasteiger partial charge in [-0.05, 0) is 5.56 Å². The number of carbonyl (C=O) groups is 1. The lowest BCUT2D eigenvalue weighted by atomic mass is 9.88. The van der Waals surface area contributed by atoms with Crippen molar-refractivity contribution in [3.8, 4) is 0 Å². The van der Waals surface area contributed by atoms with Crippen LogP contribution in [-0.2, 0) is 4.79 Å². The highest BCUT2D eigenvalue weighted by Crippen LogP contribution is 2.23. The minimum absolute atomic E-state index is 0.0000926. The maximum absolute atomic E-state index is 10.6. The molecule has 0 aliphatic heterocycles. The van der Waals surface area contributed by atoms with Gasteiger partial charge in [0.2, 0.25) is 0 Å². The molecule has 0 fully saturated rings. The molecule has 1 aromatic rings. The summed E-state index contributed by atoms with van der Waals surface area (Å²) < 4.78 is 0. The number of carbonyl (C=O) groups excluding carboxylic acids is 1. The zero-order valence-electron chi connectivity index (χ0n) is 7.81. The fraction of sp³-hybridized carbons (Fsp3) is 0.250. The first-order chi connectivity index (χ1) is 6.29. The van der Waals surface area contributed by atoms with Crippen LogP contribution >= 0.6 is 0 Å². The van der Waals surface area contributed by atoms with Gasteiger partial charge in [0.1, 0.15) is 6.29 Å². The van der Waals surface area contributed by atoms with Crippen molar-refractivity contribution in [1.29, 1.82) is 0 Å². The number of hydrogen-bond donors (Lipinski definition) is 0. The van der Waals surface area contributed by atoms with Crippen molar-refractivity contribution in [2.24, 2.45) is 5.92 Å². The van der Waals surface area contributed by atoms with E-state index in [-0.39, 0.29) is 11.8 Å². The number of allylic oxidation sites excluding steroid dienone is 1. The first kappa shape index (κ1) is 9.72. The van der Waals surface area contributed by atoms with Crippen LogP contribution in [-0.4, -0.2) is 6.29 Å². The van der Waals surface area contributed by atoms with Crippen LogP contribution in [0.1, 0.15) is 18.4 Å². The second kappa shape index (κ2) is 4.61. The topological polar surface area (TPSA) is 17.1 Å². The Kier molecular flexibility index (Phi) is 3.44. The van der Waals surface area contributed by atoms with E-state index >= 15 is 0 Å². The molecule has 1 nitrogen and oxygen atoms in total. The lowest BCUT2D eigenvalue weighted by Crippen LogP contribution is -2.08. The fourth-order valence-corrected chi connectivity index (χ4v) is 1.41. The van der Waals surface area contributed by atoms with Crippen LogP contribution in [0.4, 0.5) is 0 Å². The predicted octanol–water partition coefficient (Wildman–Crippen LogP) is 2.79. The molecule has 1 heteroatoms. The molecule has 0 saturated carbocycles. The highest BCUT2D eigenvalue weighted by molar-refractivity contribution is 5.56. The van der Waals surface area contributed by atoms with Crippen LogP contribution in [0.15, 0.2) is 43.0 Å². The number of rotatable bonds is 4. The molecule has 0 aliphatic carbocycles. The third-order valence-corrected chi connectivity index (χ3v) is 2.22. The van der Waals surface area contributed by atoms with Gasteiger partial charge in [-0.15, -0.1) is 6.58 Å². The first-order valence-electron chi connectivity index (χ1n) is 4.42. The zero-order valence-corrected chi connectivity index (χ0v) is 7.81. The number of benzene rings is 1. The largest absolute Gasteiger partial charge is 0.303 e. The van der Waals surface area contributed by atoms with Gasteiger partial charge in [-0.2, -0.15) is 0 Å². The van der Waals surface area contributed by atoms with Crippen LogP contribution in [0, 0.1) is 5.92 Å². The van der Waals surface area contributed by atoms with E-state index < -0.39 is 0 Å². The van der Waals surface area contributed by atoms with E-state index in [1.165, 1.54) is 0 Å². The van der Waals surface area contributed by atoms with Crippen LogP contribution < -0.4 is 0 Å². The molecule has 0 saturated heterocycles. The summed E-state index contributed by atoms with van der Waals surface area (Å²) in [5.41, 5.74) is 1.15. The molecular formula is C12H14O. The normalized spacial score (nSPS) is 14.5. The Bertz CT molecular complexity index is 276. The van der Waals surface area contributed by atoms with Gasteiger partial charge in [0.05, 0.1) is 0 Å².